The number of primary amides is 1. The highest BCUT2D eigenvalue weighted by Gasteiger charge is 2.22. The van der Waals surface area contributed by atoms with Gasteiger partial charge in [-0.15, -0.1) is 24.0 Å². The smallest absolute Gasteiger partial charge is 0.220 e. The van der Waals surface area contributed by atoms with Crippen LogP contribution in [0.1, 0.15) is 51.1 Å². The van der Waals surface area contributed by atoms with Crippen LogP contribution < -0.4 is 16.4 Å². The van der Waals surface area contributed by atoms with Crippen molar-refractivity contribution in [2.75, 3.05) is 52.9 Å². The van der Waals surface area contributed by atoms with E-state index in [0.29, 0.717) is 6.04 Å². The SMILES string of the molecule is CCN(CC)C(CNC(=NC)NCCCCN1CCC(C(N)=O)CC1)c1ccccc1.I. The number of carbonyl (C=O) groups is 1. The van der Waals surface area contributed by atoms with E-state index in [0.717, 1.165) is 77.5 Å². The summed E-state index contributed by atoms with van der Waals surface area (Å²) in [6.45, 7) is 11.2. The third-order valence-electron chi connectivity index (χ3n) is 6.31. The molecule has 7 nitrogen and oxygen atoms in total. The van der Waals surface area contributed by atoms with E-state index in [4.69, 9.17) is 5.73 Å². The Labute approximate surface area is 211 Å². The number of likely N-dealkylation sites (N-methyl/N-ethyl adjacent to an activating group) is 1. The molecule has 1 aliphatic heterocycles. The Morgan fingerprint density at radius 3 is 2.38 bits per heavy atom. The van der Waals surface area contributed by atoms with Crippen LogP contribution in [0.4, 0.5) is 0 Å². The maximum Gasteiger partial charge on any atom is 0.220 e. The molecular formula is C24H43IN6O. The number of carbonyl (C=O) groups excluding carboxylic acids is 1. The minimum absolute atomic E-state index is 0. The lowest BCUT2D eigenvalue weighted by molar-refractivity contribution is -0.123. The molecule has 1 heterocycles. The normalized spacial score (nSPS) is 16.4. The Morgan fingerprint density at radius 1 is 1.16 bits per heavy atom. The minimum atomic E-state index is -0.141. The average Bonchev–Trinajstić information content (AvgIpc) is 2.81. The van der Waals surface area contributed by atoms with Gasteiger partial charge in [-0.1, -0.05) is 44.2 Å². The third-order valence-corrected chi connectivity index (χ3v) is 6.31. The zero-order chi connectivity index (χ0) is 22.5. The minimum Gasteiger partial charge on any atom is -0.369 e. The maximum atomic E-state index is 11.3. The van der Waals surface area contributed by atoms with Gasteiger partial charge in [-0.2, -0.15) is 0 Å². The van der Waals surface area contributed by atoms with Crippen molar-refractivity contribution in [1.82, 2.24) is 20.4 Å². The Morgan fingerprint density at radius 2 is 1.81 bits per heavy atom. The van der Waals surface area contributed by atoms with Crippen LogP contribution in [0, 0.1) is 5.92 Å². The molecular weight excluding hydrogens is 515 g/mol. The van der Waals surface area contributed by atoms with Crippen molar-refractivity contribution in [1.29, 1.82) is 0 Å². The molecule has 1 aliphatic rings. The summed E-state index contributed by atoms with van der Waals surface area (Å²) in [6.07, 6.45) is 4.03. The van der Waals surface area contributed by atoms with Crippen LogP contribution in [0.25, 0.3) is 0 Å². The van der Waals surface area contributed by atoms with Crippen molar-refractivity contribution >= 4 is 35.8 Å². The summed E-state index contributed by atoms with van der Waals surface area (Å²) in [4.78, 5) is 20.6. The van der Waals surface area contributed by atoms with Gasteiger partial charge in [0.15, 0.2) is 5.96 Å². The Balaban J connectivity index is 0.00000512. The zero-order valence-corrected chi connectivity index (χ0v) is 22.4. The van der Waals surface area contributed by atoms with Gasteiger partial charge in [-0.25, -0.2) is 0 Å². The second kappa shape index (κ2) is 16.3. The van der Waals surface area contributed by atoms with Gasteiger partial charge < -0.3 is 21.3 Å². The molecule has 8 heteroatoms. The molecule has 0 saturated carbocycles. The van der Waals surface area contributed by atoms with Gasteiger partial charge in [-0.3, -0.25) is 14.7 Å². The molecule has 1 saturated heterocycles. The highest BCUT2D eigenvalue weighted by atomic mass is 127. The maximum absolute atomic E-state index is 11.3. The van der Waals surface area contributed by atoms with Gasteiger partial charge in [0, 0.05) is 26.1 Å². The fourth-order valence-corrected chi connectivity index (χ4v) is 4.32. The van der Waals surface area contributed by atoms with Gasteiger partial charge in [0.2, 0.25) is 5.91 Å². The van der Waals surface area contributed by atoms with Crippen molar-refractivity contribution in [3.8, 4) is 0 Å². The number of benzene rings is 1. The van der Waals surface area contributed by atoms with E-state index in [1.165, 1.54) is 5.56 Å². The zero-order valence-electron chi connectivity index (χ0n) is 20.1. The molecule has 182 valence electrons. The van der Waals surface area contributed by atoms with Crippen LogP contribution in [0.2, 0.25) is 0 Å². The Hall–Kier alpha value is -1.39. The first kappa shape index (κ1) is 28.6. The topological polar surface area (TPSA) is 86.0 Å². The lowest BCUT2D eigenvalue weighted by atomic mass is 9.96. The van der Waals surface area contributed by atoms with Crippen molar-refractivity contribution in [2.24, 2.45) is 16.6 Å². The second-order valence-electron chi connectivity index (χ2n) is 8.25. The quantitative estimate of drug-likeness (QED) is 0.159. The van der Waals surface area contributed by atoms with Crippen molar-refractivity contribution in [3.05, 3.63) is 35.9 Å². The molecule has 1 aromatic carbocycles. The summed E-state index contributed by atoms with van der Waals surface area (Å²) < 4.78 is 0. The van der Waals surface area contributed by atoms with E-state index in [1.54, 1.807) is 0 Å². The van der Waals surface area contributed by atoms with Crippen molar-refractivity contribution in [2.45, 2.75) is 45.6 Å². The third kappa shape index (κ3) is 9.62. The monoisotopic (exact) mass is 558 g/mol. The van der Waals surface area contributed by atoms with Gasteiger partial charge in [0.25, 0.3) is 0 Å². The number of hydrogen-bond donors (Lipinski definition) is 3. The molecule has 0 bridgehead atoms. The summed E-state index contributed by atoms with van der Waals surface area (Å²) in [5, 5.41) is 6.97. The molecule has 1 atom stereocenters. The average molecular weight is 559 g/mol. The lowest BCUT2D eigenvalue weighted by Crippen LogP contribution is -2.43. The lowest BCUT2D eigenvalue weighted by Gasteiger charge is -2.31. The predicted octanol–water partition coefficient (Wildman–Crippen LogP) is 2.83. The molecule has 32 heavy (non-hydrogen) atoms. The number of unbranched alkanes of at least 4 members (excludes halogenated alkanes) is 1. The summed E-state index contributed by atoms with van der Waals surface area (Å²) in [7, 11) is 1.83. The highest BCUT2D eigenvalue weighted by Crippen LogP contribution is 2.19. The van der Waals surface area contributed by atoms with Crippen LogP contribution in [0.3, 0.4) is 0 Å². The van der Waals surface area contributed by atoms with Gasteiger partial charge in [0.1, 0.15) is 0 Å². The molecule has 1 fully saturated rings. The standard InChI is InChI=1S/C24H42N6O.HI/c1-4-30(5-2)22(20-11-7-6-8-12-20)19-28-24(26-3)27-15-9-10-16-29-17-13-21(14-18-29)23(25)31;/h6-8,11-12,21-22H,4-5,9-10,13-19H2,1-3H3,(H2,25,31)(H2,26,27,28);1H. The Bertz CT molecular complexity index is 660. The number of halogens is 1. The molecule has 2 rings (SSSR count). The second-order valence-corrected chi connectivity index (χ2v) is 8.25. The molecule has 1 unspecified atom stereocenters. The number of rotatable bonds is 12. The highest BCUT2D eigenvalue weighted by molar-refractivity contribution is 14.0. The summed E-state index contributed by atoms with van der Waals surface area (Å²) >= 11 is 0. The van der Waals surface area contributed by atoms with E-state index in [9.17, 15) is 4.79 Å². The van der Waals surface area contributed by atoms with E-state index < -0.39 is 0 Å². The largest absolute Gasteiger partial charge is 0.369 e. The van der Waals surface area contributed by atoms with Crippen LogP contribution in [-0.2, 0) is 4.79 Å². The van der Waals surface area contributed by atoms with Crippen LogP contribution in [0.5, 0.6) is 0 Å². The van der Waals surface area contributed by atoms with E-state index >= 15 is 0 Å². The first-order chi connectivity index (χ1) is 15.1. The van der Waals surface area contributed by atoms with Gasteiger partial charge in [0.05, 0.1) is 6.04 Å². The van der Waals surface area contributed by atoms with Gasteiger partial charge >= 0.3 is 0 Å². The fourth-order valence-electron chi connectivity index (χ4n) is 4.32. The number of nitrogens with one attached hydrogen (secondary N) is 2. The number of nitrogens with two attached hydrogens (primary N) is 1. The fraction of sp³-hybridized carbons (Fsp3) is 0.667. The molecule has 0 aliphatic carbocycles. The van der Waals surface area contributed by atoms with Crippen molar-refractivity contribution in [3.63, 3.8) is 0 Å². The molecule has 0 aromatic heterocycles. The number of hydrogen-bond acceptors (Lipinski definition) is 4. The first-order valence-corrected chi connectivity index (χ1v) is 11.8. The van der Waals surface area contributed by atoms with Gasteiger partial charge in [-0.05, 0) is 64.0 Å². The molecule has 1 amide bonds. The van der Waals surface area contributed by atoms with Crippen LogP contribution in [-0.4, -0.2) is 74.5 Å². The number of guanidine groups is 1. The first-order valence-electron chi connectivity index (χ1n) is 11.8. The van der Waals surface area contributed by atoms with Crippen LogP contribution in [0.15, 0.2) is 35.3 Å². The van der Waals surface area contributed by atoms with E-state index in [1.807, 2.05) is 7.05 Å². The number of nitrogens with zero attached hydrogens (tertiary/aromatic N) is 3. The predicted molar refractivity (Wildman–Crippen MR) is 144 cm³/mol. The van der Waals surface area contributed by atoms with E-state index in [2.05, 4.69) is 69.6 Å². The number of aliphatic imine (C=N–C) groups is 1. The number of likely N-dealkylation sites (tertiary alicyclic amines) is 1. The van der Waals surface area contributed by atoms with E-state index in [-0.39, 0.29) is 35.8 Å². The summed E-state index contributed by atoms with van der Waals surface area (Å²) in [5.74, 6) is 0.789. The molecule has 0 spiro atoms. The molecule has 4 N–H and O–H groups in total. The van der Waals surface area contributed by atoms with Crippen molar-refractivity contribution < 1.29 is 4.79 Å². The summed E-state index contributed by atoms with van der Waals surface area (Å²) in [6, 6.07) is 11.0. The number of amides is 1. The Kier molecular flexibility index (Phi) is 14.6. The summed E-state index contributed by atoms with van der Waals surface area (Å²) in [5.41, 5.74) is 6.74. The number of piperidine rings is 1. The molecule has 1 aromatic rings. The molecule has 0 radical (unpaired) electrons. The van der Waals surface area contributed by atoms with Crippen LogP contribution >= 0.6 is 24.0 Å².